The number of carbonyl (C=O) groups excluding carboxylic acids is 1. The van der Waals surface area contributed by atoms with Gasteiger partial charge in [0.2, 0.25) is 0 Å². The summed E-state index contributed by atoms with van der Waals surface area (Å²) in [4.78, 5) is 32.4. The van der Waals surface area contributed by atoms with E-state index in [2.05, 4.69) is 30.2 Å². The molecule has 0 aromatic carbocycles. The van der Waals surface area contributed by atoms with Gasteiger partial charge < -0.3 is 14.4 Å². The normalized spacial score (nSPS) is 13.9. The standard InChI is InChI=1S/C24H22F2N6O3S/c1-13-7-14(15-8-17(22(25)26)28-12-19(15)34-2)16(10-27-13)23(33)31-24-30-18-11-29-21(9-20(18)36-24)32-3-5-35-6-4-32/h7-12,22H,3-6H2,1-2H3,(H,30,31,33). The van der Waals surface area contributed by atoms with Gasteiger partial charge in [-0.25, -0.2) is 18.7 Å². The highest BCUT2D eigenvalue weighted by Crippen LogP contribution is 2.35. The first-order valence-electron chi connectivity index (χ1n) is 11.1. The molecule has 1 N–H and O–H groups in total. The Morgan fingerprint density at radius 3 is 2.67 bits per heavy atom. The van der Waals surface area contributed by atoms with Crippen LogP contribution >= 0.6 is 11.3 Å². The van der Waals surface area contributed by atoms with Crippen LogP contribution in [0, 0.1) is 6.92 Å². The summed E-state index contributed by atoms with van der Waals surface area (Å²) in [7, 11) is 1.41. The van der Waals surface area contributed by atoms with Gasteiger partial charge in [-0.1, -0.05) is 11.3 Å². The average molecular weight is 513 g/mol. The zero-order valence-electron chi connectivity index (χ0n) is 19.5. The number of amides is 1. The van der Waals surface area contributed by atoms with Crippen LogP contribution in [0.15, 0.2) is 36.8 Å². The summed E-state index contributed by atoms with van der Waals surface area (Å²) in [5, 5.41) is 3.20. The fraction of sp³-hybridized carbons (Fsp3) is 0.292. The largest absolute Gasteiger partial charge is 0.494 e. The molecule has 0 bridgehead atoms. The number of aromatic nitrogens is 4. The molecule has 186 valence electrons. The number of methoxy groups -OCH3 is 1. The summed E-state index contributed by atoms with van der Waals surface area (Å²) in [6, 6.07) is 4.82. The number of nitrogens with one attached hydrogen (secondary N) is 1. The lowest BCUT2D eigenvalue weighted by atomic mass is 9.99. The number of pyridine rings is 3. The molecule has 1 amide bonds. The Morgan fingerprint density at radius 1 is 1.11 bits per heavy atom. The molecule has 0 spiro atoms. The second-order valence-electron chi connectivity index (χ2n) is 8.06. The van der Waals surface area contributed by atoms with E-state index >= 15 is 0 Å². The molecule has 1 aliphatic heterocycles. The summed E-state index contributed by atoms with van der Waals surface area (Å²) in [5.41, 5.74) is 1.77. The lowest BCUT2D eigenvalue weighted by molar-refractivity contribution is 0.102. The van der Waals surface area contributed by atoms with Crippen molar-refractivity contribution in [1.29, 1.82) is 0 Å². The first-order chi connectivity index (χ1) is 17.4. The predicted octanol–water partition coefficient (Wildman–Crippen LogP) is 4.49. The zero-order chi connectivity index (χ0) is 25.2. The van der Waals surface area contributed by atoms with Gasteiger partial charge in [0.1, 0.15) is 22.8 Å². The third kappa shape index (κ3) is 4.82. The lowest BCUT2D eigenvalue weighted by Gasteiger charge is -2.27. The van der Waals surface area contributed by atoms with Crippen LogP contribution in [0.25, 0.3) is 21.3 Å². The van der Waals surface area contributed by atoms with Crippen LogP contribution in [0.5, 0.6) is 5.75 Å². The molecule has 0 atom stereocenters. The average Bonchev–Trinajstić information content (AvgIpc) is 3.30. The van der Waals surface area contributed by atoms with Gasteiger partial charge in [-0.2, -0.15) is 0 Å². The van der Waals surface area contributed by atoms with Crippen LogP contribution in [0.2, 0.25) is 0 Å². The van der Waals surface area contributed by atoms with Crippen LogP contribution < -0.4 is 15.0 Å². The number of ether oxygens (including phenoxy) is 2. The van der Waals surface area contributed by atoms with Gasteiger partial charge >= 0.3 is 0 Å². The second kappa shape index (κ2) is 10.1. The summed E-state index contributed by atoms with van der Waals surface area (Å²) in [6.07, 6.45) is 1.54. The van der Waals surface area contributed by atoms with Crippen molar-refractivity contribution in [2.75, 3.05) is 43.6 Å². The van der Waals surface area contributed by atoms with Gasteiger partial charge in [0.25, 0.3) is 12.3 Å². The lowest BCUT2D eigenvalue weighted by Crippen LogP contribution is -2.36. The Balaban J connectivity index is 1.46. The van der Waals surface area contributed by atoms with Gasteiger partial charge in [-0.3, -0.25) is 20.1 Å². The van der Waals surface area contributed by atoms with Gasteiger partial charge in [-0.05, 0) is 19.1 Å². The number of halogens is 2. The quantitative estimate of drug-likeness (QED) is 0.403. The maximum atomic E-state index is 13.4. The Hall–Kier alpha value is -3.77. The van der Waals surface area contributed by atoms with Crippen LogP contribution in [-0.2, 0) is 4.74 Å². The molecular formula is C24H22F2N6O3S. The Bertz CT molecular complexity index is 1420. The highest BCUT2D eigenvalue weighted by Gasteiger charge is 2.21. The first kappa shape index (κ1) is 23.9. The number of morpholine rings is 1. The van der Waals surface area contributed by atoms with Crippen molar-refractivity contribution in [2.24, 2.45) is 0 Å². The number of alkyl halides is 2. The van der Waals surface area contributed by atoms with E-state index < -0.39 is 18.0 Å². The fourth-order valence-electron chi connectivity index (χ4n) is 3.92. The van der Waals surface area contributed by atoms with Crippen LogP contribution in [0.4, 0.5) is 19.7 Å². The molecule has 36 heavy (non-hydrogen) atoms. The maximum Gasteiger partial charge on any atom is 0.280 e. The summed E-state index contributed by atoms with van der Waals surface area (Å²) < 4.78 is 38.3. The van der Waals surface area contributed by atoms with Gasteiger partial charge in [0.15, 0.2) is 5.13 Å². The molecule has 1 fully saturated rings. The van der Waals surface area contributed by atoms with Crippen molar-refractivity contribution in [3.8, 4) is 16.9 Å². The number of anilines is 2. The Labute approximate surface area is 209 Å². The molecule has 5 heterocycles. The summed E-state index contributed by atoms with van der Waals surface area (Å²) in [5.74, 6) is 0.619. The van der Waals surface area contributed by atoms with E-state index in [0.717, 1.165) is 23.6 Å². The number of thiazole rings is 1. The van der Waals surface area contributed by atoms with Crippen molar-refractivity contribution < 1.29 is 23.0 Å². The van der Waals surface area contributed by atoms with Gasteiger partial charge in [-0.15, -0.1) is 0 Å². The first-order valence-corrected chi connectivity index (χ1v) is 11.9. The van der Waals surface area contributed by atoms with E-state index in [9.17, 15) is 13.6 Å². The number of hydrogen-bond acceptors (Lipinski definition) is 9. The minimum Gasteiger partial charge on any atom is -0.494 e. The predicted molar refractivity (Wildman–Crippen MR) is 132 cm³/mol. The highest BCUT2D eigenvalue weighted by molar-refractivity contribution is 7.22. The zero-order valence-corrected chi connectivity index (χ0v) is 20.3. The monoisotopic (exact) mass is 512 g/mol. The van der Waals surface area contributed by atoms with E-state index in [1.807, 2.05) is 6.07 Å². The molecule has 0 aliphatic carbocycles. The van der Waals surface area contributed by atoms with E-state index in [1.54, 1.807) is 19.2 Å². The van der Waals surface area contributed by atoms with E-state index in [0.29, 0.717) is 40.7 Å². The van der Waals surface area contributed by atoms with E-state index in [4.69, 9.17) is 9.47 Å². The van der Waals surface area contributed by atoms with Crippen molar-refractivity contribution in [1.82, 2.24) is 19.9 Å². The molecule has 0 radical (unpaired) electrons. The third-order valence-corrected chi connectivity index (χ3v) is 6.66. The van der Waals surface area contributed by atoms with Crippen molar-refractivity contribution in [3.05, 3.63) is 53.7 Å². The van der Waals surface area contributed by atoms with Crippen LogP contribution in [-0.4, -0.2) is 59.3 Å². The summed E-state index contributed by atoms with van der Waals surface area (Å²) >= 11 is 1.32. The topological polar surface area (TPSA) is 102 Å². The molecule has 4 aromatic rings. The number of aryl methyl sites for hydroxylation is 1. The highest BCUT2D eigenvalue weighted by atomic mass is 32.1. The van der Waals surface area contributed by atoms with Crippen LogP contribution in [0.1, 0.15) is 28.2 Å². The fourth-order valence-corrected chi connectivity index (χ4v) is 4.78. The Kier molecular flexibility index (Phi) is 6.70. The molecule has 12 heteroatoms. The van der Waals surface area contributed by atoms with Crippen molar-refractivity contribution in [2.45, 2.75) is 13.3 Å². The van der Waals surface area contributed by atoms with Gasteiger partial charge in [0, 0.05) is 42.2 Å². The number of rotatable bonds is 6. The van der Waals surface area contributed by atoms with E-state index in [1.165, 1.54) is 36.9 Å². The molecule has 5 rings (SSSR count). The van der Waals surface area contributed by atoms with Gasteiger partial charge in [0.05, 0.1) is 43.0 Å². The summed E-state index contributed by atoms with van der Waals surface area (Å²) in [6.45, 7) is 4.57. The number of nitrogens with zero attached hydrogens (tertiary/aromatic N) is 5. The SMILES string of the molecule is COc1cnc(C(F)F)cc1-c1cc(C)ncc1C(=O)Nc1nc2cnc(N3CCOCC3)cc2s1. The van der Waals surface area contributed by atoms with Crippen molar-refractivity contribution in [3.63, 3.8) is 0 Å². The number of hydrogen-bond donors (Lipinski definition) is 1. The maximum absolute atomic E-state index is 13.4. The number of carbonyl (C=O) groups is 1. The molecule has 1 aliphatic rings. The molecule has 1 saturated heterocycles. The minimum absolute atomic E-state index is 0.191. The smallest absolute Gasteiger partial charge is 0.280 e. The molecular weight excluding hydrogens is 490 g/mol. The third-order valence-electron chi connectivity index (χ3n) is 5.72. The molecule has 4 aromatic heterocycles. The van der Waals surface area contributed by atoms with E-state index in [-0.39, 0.29) is 11.3 Å². The molecule has 0 unspecified atom stereocenters. The molecule has 9 nitrogen and oxygen atoms in total. The number of fused-ring (bicyclic) bond motifs is 1. The minimum atomic E-state index is -2.77. The van der Waals surface area contributed by atoms with Crippen LogP contribution in [0.3, 0.4) is 0 Å². The second-order valence-corrected chi connectivity index (χ2v) is 9.09. The van der Waals surface area contributed by atoms with Crippen molar-refractivity contribution >= 4 is 38.4 Å². The Morgan fingerprint density at radius 2 is 1.92 bits per heavy atom. The molecule has 0 saturated carbocycles.